The summed E-state index contributed by atoms with van der Waals surface area (Å²) in [5, 5.41) is 6.61. The number of amides is 1. The first kappa shape index (κ1) is 20.3. The molecule has 0 spiro atoms. The SMILES string of the molecule is CCNC(=NCC1(C(=O)N(C)C)CCCC1)Nc1ccc2c(c1)OCCCO2. The molecule has 2 aliphatic rings. The summed E-state index contributed by atoms with van der Waals surface area (Å²) in [6, 6.07) is 5.81. The highest BCUT2D eigenvalue weighted by Gasteiger charge is 2.42. The molecule has 7 heteroatoms. The Kier molecular flexibility index (Phi) is 6.65. The van der Waals surface area contributed by atoms with Crippen LogP contribution in [0.3, 0.4) is 0 Å². The zero-order valence-corrected chi connectivity index (χ0v) is 17.2. The molecule has 7 nitrogen and oxygen atoms in total. The average molecular weight is 389 g/mol. The van der Waals surface area contributed by atoms with Crippen LogP contribution in [0.2, 0.25) is 0 Å². The van der Waals surface area contributed by atoms with Crippen LogP contribution in [0, 0.1) is 5.41 Å². The predicted octanol–water partition coefficient (Wildman–Crippen LogP) is 2.87. The van der Waals surface area contributed by atoms with Gasteiger partial charge in [0.05, 0.1) is 25.2 Å². The van der Waals surface area contributed by atoms with E-state index in [-0.39, 0.29) is 11.3 Å². The van der Waals surface area contributed by atoms with Crippen molar-refractivity contribution in [2.75, 3.05) is 45.7 Å². The van der Waals surface area contributed by atoms with Crippen LogP contribution in [-0.2, 0) is 4.79 Å². The Bertz CT molecular complexity index is 712. The Hall–Kier alpha value is -2.44. The van der Waals surface area contributed by atoms with Gasteiger partial charge in [-0.1, -0.05) is 12.8 Å². The Balaban J connectivity index is 1.75. The van der Waals surface area contributed by atoms with Gasteiger partial charge in [0.15, 0.2) is 17.5 Å². The van der Waals surface area contributed by atoms with E-state index in [2.05, 4.69) is 10.6 Å². The van der Waals surface area contributed by atoms with Crippen LogP contribution in [-0.4, -0.2) is 57.2 Å². The summed E-state index contributed by atoms with van der Waals surface area (Å²) in [6.45, 7) is 4.59. The van der Waals surface area contributed by atoms with Crippen molar-refractivity contribution in [3.63, 3.8) is 0 Å². The topological polar surface area (TPSA) is 75.2 Å². The lowest BCUT2D eigenvalue weighted by Gasteiger charge is -2.29. The molecule has 0 saturated heterocycles. The quantitative estimate of drug-likeness (QED) is 0.599. The summed E-state index contributed by atoms with van der Waals surface area (Å²) in [5.74, 6) is 2.37. The second-order valence-electron chi connectivity index (χ2n) is 7.72. The predicted molar refractivity (Wildman–Crippen MR) is 111 cm³/mol. The van der Waals surface area contributed by atoms with Crippen molar-refractivity contribution in [1.29, 1.82) is 0 Å². The number of rotatable bonds is 5. The second-order valence-corrected chi connectivity index (χ2v) is 7.72. The number of aliphatic imine (C=N–C) groups is 1. The molecule has 2 N–H and O–H groups in total. The van der Waals surface area contributed by atoms with Gasteiger partial charge in [-0.3, -0.25) is 9.79 Å². The third kappa shape index (κ3) is 4.69. The first-order valence-corrected chi connectivity index (χ1v) is 10.2. The average Bonchev–Trinajstić information content (AvgIpc) is 3.05. The molecule has 0 aromatic heterocycles. The molecule has 0 unspecified atom stereocenters. The highest BCUT2D eigenvalue weighted by molar-refractivity contribution is 5.94. The summed E-state index contributed by atoms with van der Waals surface area (Å²) >= 11 is 0. The third-order valence-electron chi connectivity index (χ3n) is 5.31. The molecule has 1 saturated carbocycles. The maximum Gasteiger partial charge on any atom is 0.230 e. The standard InChI is InChI=1S/C21H32N4O3/c1-4-22-20(23-15-21(10-5-6-11-21)19(26)25(2)3)24-16-8-9-17-18(14-16)28-13-7-12-27-17/h8-9,14H,4-7,10-13,15H2,1-3H3,(H2,22,23,24). The van der Waals surface area contributed by atoms with Gasteiger partial charge in [-0.25, -0.2) is 0 Å². The lowest BCUT2D eigenvalue weighted by Crippen LogP contribution is -2.41. The molecule has 1 fully saturated rings. The molecule has 1 heterocycles. The van der Waals surface area contributed by atoms with Gasteiger partial charge in [0, 0.05) is 38.8 Å². The van der Waals surface area contributed by atoms with Gasteiger partial charge in [0.25, 0.3) is 0 Å². The van der Waals surface area contributed by atoms with Crippen molar-refractivity contribution in [3.05, 3.63) is 18.2 Å². The van der Waals surface area contributed by atoms with Crippen molar-refractivity contribution in [2.45, 2.75) is 39.0 Å². The first-order valence-electron chi connectivity index (χ1n) is 10.2. The number of anilines is 1. The first-order chi connectivity index (χ1) is 13.5. The van der Waals surface area contributed by atoms with Gasteiger partial charge in [-0.05, 0) is 31.9 Å². The molecule has 0 atom stereocenters. The Labute approximate surface area is 167 Å². The minimum atomic E-state index is -0.378. The van der Waals surface area contributed by atoms with Crippen LogP contribution in [0.5, 0.6) is 11.5 Å². The van der Waals surface area contributed by atoms with E-state index < -0.39 is 0 Å². The Morgan fingerprint density at radius 2 is 1.86 bits per heavy atom. The van der Waals surface area contributed by atoms with Crippen LogP contribution in [0.15, 0.2) is 23.2 Å². The largest absolute Gasteiger partial charge is 0.490 e. The molecule has 1 aromatic carbocycles. The number of fused-ring (bicyclic) bond motifs is 1. The summed E-state index contributed by atoms with van der Waals surface area (Å²) in [5.41, 5.74) is 0.500. The number of carbonyl (C=O) groups excluding carboxylic acids is 1. The smallest absolute Gasteiger partial charge is 0.230 e. The van der Waals surface area contributed by atoms with E-state index in [1.807, 2.05) is 39.2 Å². The maximum absolute atomic E-state index is 12.8. The zero-order chi connectivity index (χ0) is 20.0. The summed E-state index contributed by atoms with van der Waals surface area (Å²) in [7, 11) is 3.65. The van der Waals surface area contributed by atoms with Crippen LogP contribution in [0.25, 0.3) is 0 Å². The molecule has 154 valence electrons. The highest BCUT2D eigenvalue weighted by Crippen LogP contribution is 2.40. The van der Waals surface area contributed by atoms with Crippen molar-refractivity contribution < 1.29 is 14.3 Å². The zero-order valence-electron chi connectivity index (χ0n) is 17.2. The van der Waals surface area contributed by atoms with Crippen molar-refractivity contribution in [2.24, 2.45) is 10.4 Å². The van der Waals surface area contributed by atoms with E-state index in [1.54, 1.807) is 4.90 Å². The molecule has 3 rings (SSSR count). The number of hydrogen-bond acceptors (Lipinski definition) is 4. The van der Waals surface area contributed by atoms with E-state index in [0.29, 0.717) is 25.7 Å². The number of carbonyl (C=O) groups is 1. The molecule has 0 radical (unpaired) electrons. The highest BCUT2D eigenvalue weighted by atomic mass is 16.5. The van der Waals surface area contributed by atoms with Gasteiger partial charge < -0.3 is 25.0 Å². The lowest BCUT2D eigenvalue weighted by molar-refractivity contribution is -0.138. The van der Waals surface area contributed by atoms with Gasteiger partial charge >= 0.3 is 0 Å². The van der Waals surface area contributed by atoms with Gasteiger partial charge in [-0.15, -0.1) is 0 Å². The molecule has 1 amide bonds. The number of benzene rings is 1. The van der Waals surface area contributed by atoms with Crippen molar-refractivity contribution >= 4 is 17.6 Å². The minimum Gasteiger partial charge on any atom is -0.490 e. The van der Waals surface area contributed by atoms with E-state index >= 15 is 0 Å². The van der Waals surface area contributed by atoms with E-state index in [1.165, 1.54) is 0 Å². The maximum atomic E-state index is 12.8. The number of nitrogens with one attached hydrogen (secondary N) is 2. The summed E-state index contributed by atoms with van der Waals surface area (Å²) < 4.78 is 11.5. The van der Waals surface area contributed by atoms with Crippen LogP contribution in [0.1, 0.15) is 39.0 Å². The molecule has 1 aliphatic carbocycles. The molecule has 28 heavy (non-hydrogen) atoms. The third-order valence-corrected chi connectivity index (χ3v) is 5.31. The molecular weight excluding hydrogens is 356 g/mol. The lowest BCUT2D eigenvalue weighted by atomic mass is 9.85. The fraction of sp³-hybridized carbons (Fsp3) is 0.619. The van der Waals surface area contributed by atoms with Gasteiger partial charge in [0.1, 0.15) is 0 Å². The van der Waals surface area contributed by atoms with Gasteiger partial charge in [-0.2, -0.15) is 0 Å². The fourth-order valence-electron chi connectivity index (χ4n) is 3.88. The summed E-state index contributed by atoms with van der Waals surface area (Å²) in [6.07, 6.45) is 4.85. The van der Waals surface area contributed by atoms with E-state index in [4.69, 9.17) is 14.5 Å². The van der Waals surface area contributed by atoms with Crippen LogP contribution >= 0.6 is 0 Å². The minimum absolute atomic E-state index is 0.181. The van der Waals surface area contributed by atoms with Crippen molar-refractivity contribution in [1.82, 2.24) is 10.2 Å². The monoisotopic (exact) mass is 388 g/mol. The number of guanidine groups is 1. The number of ether oxygens (including phenoxy) is 2. The Morgan fingerprint density at radius 3 is 2.54 bits per heavy atom. The van der Waals surface area contributed by atoms with Crippen molar-refractivity contribution in [3.8, 4) is 11.5 Å². The van der Waals surface area contributed by atoms with Crippen LogP contribution in [0.4, 0.5) is 5.69 Å². The van der Waals surface area contributed by atoms with E-state index in [9.17, 15) is 4.79 Å². The number of nitrogens with zero attached hydrogens (tertiary/aromatic N) is 2. The van der Waals surface area contributed by atoms with Gasteiger partial charge in [0.2, 0.25) is 5.91 Å². The molecule has 0 bridgehead atoms. The molecule has 1 aromatic rings. The summed E-state index contributed by atoms with van der Waals surface area (Å²) in [4.78, 5) is 19.2. The molecular formula is C21H32N4O3. The fourth-order valence-corrected chi connectivity index (χ4v) is 3.88. The Morgan fingerprint density at radius 1 is 1.14 bits per heavy atom. The second kappa shape index (κ2) is 9.17. The van der Waals surface area contributed by atoms with Crippen LogP contribution < -0.4 is 20.1 Å². The normalized spacial score (nSPS) is 18.3. The van der Waals surface area contributed by atoms with E-state index in [0.717, 1.165) is 55.8 Å². The molecule has 1 aliphatic heterocycles. The number of hydrogen-bond donors (Lipinski definition) is 2.